The fourth-order valence-corrected chi connectivity index (χ4v) is 3.91. The summed E-state index contributed by atoms with van der Waals surface area (Å²) in [6.45, 7) is 14.2. The number of rotatable bonds is 5. The van der Waals surface area contributed by atoms with Crippen LogP contribution in [0.5, 0.6) is 0 Å². The summed E-state index contributed by atoms with van der Waals surface area (Å²) in [5, 5.41) is 3.00. The first kappa shape index (κ1) is 21.5. The van der Waals surface area contributed by atoms with Gasteiger partial charge in [-0.25, -0.2) is 4.98 Å². The van der Waals surface area contributed by atoms with Gasteiger partial charge in [0.25, 0.3) is 0 Å². The molecule has 4 rings (SSSR count). The molecule has 0 unspecified atom stereocenters. The molecule has 1 aliphatic rings. The molecule has 2 aromatic carbocycles. The van der Waals surface area contributed by atoms with Gasteiger partial charge >= 0.3 is 0 Å². The van der Waals surface area contributed by atoms with Gasteiger partial charge in [0.15, 0.2) is 5.58 Å². The Morgan fingerprint density at radius 3 is 2.35 bits per heavy atom. The molecular formula is C25H32N4O2. The molecule has 1 fully saturated rings. The van der Waals surface area contributed by atoms with Crippen LogP contribution in [0.3, 0.4) is 0 Å². The molecule has 0 bridgehead atoms. The van der Waals surface area contributed by atoms with Gasteiger partial charge in [-0.1, -0.05) is 39.8 Å². The predicted molar refractivity (Wildman–Crippen MR) is 125 cm³/mol. The Labute approximate surface area is 184 Å². The average Bonchev–Trinajstić information content (AvgIpc) is 3.17. The summed E-state index contributed by atoms with van der Waals surface area (Å²) in [5.74, 6) is 0.596. The molecule has 1 N–H and O–H groups in total. The van der Waals surface area contributed by atoms with Gasteiger partial charge in [-0.3, -0.25) is 9.69 Å². The van der Waals surface area contributed by atoms with E-state index >= 15 is 0 Å². The topological polar surface area (TPSA) is 61.6 Å². The second-order valence-electron chi connectivity index (χ2n) is 9.29. The molecule has 1 amide bonds. The number of aromatic nitrogens is 1. The quantitative estimate of drug-likeness (QED) is 0.664. The Balaban J connectivity index is 1.42. The average molecular weight is 421 g/mol. The summed E-state index contributed by atoms with van der Waals surface area (Å²) in [5.41, 5.74) is 4.52. The Hall–Kier alpha value is -2.70. The van der Waals surface area contributed by atoms with E-state index in [0.717, 1.165) is 49.5 Å². The number of piperazine rings is 1. The number of nitrogens with zero attached hydrogens (tertiary/aromatic N) is 3. The molecule has 1 saturated heterocycles. The van der Waals surface area contributed by atoms with Crippen LogP contribution < -0.4 is 5.32 Å². The van der Waals surface area contributed by atoms with Gasteiger partial charge in [0.05, 0.1) is 6.54 Å². The molecule has 31 heavy (non-hydrogen) atoms. The highest BCUT2D eigenvalue weighted by atomic mass is 16.3. The van der Waals surface area contributed by atoms with Crippen molar-refractivity contribution in [2.75, 3.05) is 44.6 Å². The van der Waals surface area contributed by atoms with E-state index in [1.807, 2.05) is 30.3 Å². The Kier molecular flexibility index (Phi) is 6.12. The van der Waals surface area contributed by atoms with Crippen LogP contribution in [0.4, 0.5) is 5.69 Å². The Bertz CT molecular complexity index is 1040. The van der Waals surface area contributed by atoms with Crippen molar-refractivity contribution in [3.8, 4) is 11.5 Å². The van der Waals surface area contributed by atoms with Crippen LogP contribution in [-0.2, 0) is 10.2 Å². The molecule has 0 spiro atoms. The van der Waals surface area contributed by atoms with Crippen molar-refractivity contribution in [1.29, 1.82) is 0 Å². The van der Waals surface area contributed by atoms with Gasteiger partial charge in [-0.05, 0) is 47.9 Å². The number of carbonyl (C=O) groups is 1. The van der Waals surface area contributed by atoms with Crippen LogP contribution in [0.1, 0.15) is 33.3 Å². The summed E-state index contributed by atoms with van der Waals surface area (Å²) < 4.78 is 5.95. The van der Waals surface area contributed by atoms with Crippen LogP contribution in [-0.4, -0.2) is 60.0 Å². The van der Waals surface area contributed by atoms with Crippen molar-refractivity contribution in [3.05, 3.63) is 48.0 Å². The van der Waals surface area contributed by atoms with Crippen LogP contribution >= 0.6 is 0 Å². The molecule has 3 aromatic rings. The van der Waals surface area contributed by atoms with Crippen molar-refractivity contribution in [1.82, 2.24) is 14.8 Å². The van der Waals surface area contributed by atoms with Gasteiger partial charge < -0.3 is 14.6 Å². The Morgan fingerprint density at radius 1 is 1.03 bits per heavy atom. The lowest BCUT2D eigenvalue weighted by Crippen LogP contribution is -2.48. The van der Waals surface area contributed by atoms with E-state index in [9.17, 15) is 4.79 Å². The number of likely N-dealkylation sites (N-methyl/N-ethyl adjacent to an activating group) is 1. The van der Waals surface area contributed by atoms with E-state index in [1.54, 1.807) is 0 Å². The molecule has 6 heteroatoms. The molecule has 1 aliphatic heterocycles. The Morgan fingerprint density at radius 2 is 1.71 bits per heavy atom. The van der Waals surface area contributed by atoms with Crippen LogP contribution in [0.25, 0.3) is 22.6 Å². The first-order valence-corrected chi connectivity index (χ1v) is 11.1. The number of fused-ring (bicyclic) bond motifs is 1. The highest BCUT2D eigenvalue weighted by Gasteiger charge is 2.18. The van der Waals surface area contributed by atoms with Crippen LogP contribution in [0.2, 0.25) is 0 Å². The van der Waals surface area contributed by atoms with Crippen molar-refractivity contribution in [3.63, 3.8) is 0 Å². The SMILES string of the molecule is CCN1CCN(CC(=O)Nc2ccc3oc(-c4ccc(C(C)(C)C)cc4)nc3c2)CC1. The lowest BCUT2D eigenvalue weighted by molar-refractivity contribution is -0.117. The summed E-state index contributed by atoms with van der Waals surface area (Å²) in [7, 11) is 0. The molecule has 0 atom stereocenters. The van der Waals surface area contributed by atoms with Crippen molar-refractivity contribution in [2.24, 2.45) is 0 Å². The summed E-state index contributed by atoms with van der Waals surface area (Å²) in [6, 6.07) is 13.9. The number of carbonyl (C=O) groups excluding carboxylic acids is 1. The molecule has 0 radical (unpaired) electrons. The number of anilines is 1. The van der Waals surface area contributed by atoms with E-state index in [2.05, 4.69) is 59.9 Å². The fourth-order valence-electron chi connectivity index (χ4n) is 3.91. The highest BCUT2D eigenvalue weighted by Crippen LogP contribution is 2.29. The zero-order valence-corrected chi connectivity index (χ0v) is 18.9. The maximum atomic E-state index is 12.5. The van der Waals surface area contributed by atoms with Crippen LogP contribution in [0, 0.1) is 0 Å². The molecular weight excluding hydrogens is 388 g/mol. The molecule has 2 heterocycles. The summed E-state index contributed by atoms with van der Waals surface area (Å²) in [4.78, 5) is 21.7. The highest BCUT2D eigenvalue weighted by molar-refractivity contribution is 5.94. The van der Waals surface area contributed by atoms with Crippen molar-refractivity contribution >= 4 is 22.7 Å². The number of amides is 1. The van der Waals surface area contributed by atoms with E-state index < -0.39 is 0 Å². The largest absolute Gasteiger partial charge is 0.436 e. The molecule has 164 valence electrons. The second-order valence-corrected chi connectivity index (χ2v) is 9.29. The standard InChI is InChI=1S/C25H32N4O2/c1-5-28-12-14-29(15-13-28)17-23(30)26-20-10-11-22-21(16-20)27-24(31-22)18-6-8-19(9-7-18)25(2,3)4/h6-11,16H,5,12-15,17H2,1-4H3,(H,26,30). The third kappa shape index (κ3) is 5.14. The van der Waals surface area contributed by atoms with E-state index in [0.29, 0.717) is 18.0 Å². The number of benzene rings is 2. The zero-order chi connectivity index (χ0) is 22.0. The second kappa shape index (κ2) is 8.81. The van der Waals surface area contributed by atoms with Gasteiger partial charge in [-0.2, -0.15) is 0 Å². The van der Waals surface area contributed by atoms with Gasteiger partial charge in [0.2, 0.25) is 11.8 Å². The van der Waals surface area contributed by atoms with E-state index in [-0.39, 0.29) is 11.3 Å². The maximum Gasteiger partial charge on any atom is 0.238 e. The van der Waals surface area contributed by atoms with Gasteiger partial charge in [0.1, 0.15) is 5.52 Å². The third-order valence-corrected chi connectivity index (χ3v) is 5.95. The number of oxazole rings is 1. The van der Waals surface area contributed by atoms with Gasteiger partial charge in [0, 0.05) is 37.4 Å². The van der Waals surface area contributed by atoms with E-state index in [4.69, 9.17) is 4.42 Å². The molecule has 0 aliphatic carbocycles. The maximum absolute atomic E-state index is 12.5. The molecule has 6 nitrogen and oxygen atoms in total. The molecule has 1 aromatic heterocycles. The lowest BCUT2D eigenvalue weighted by atomic mass is 9.87. The number of hydrogen-bond donors (Lipinski definition) is 1. The summed E-state index contributed by atoms with van der Waals surface area (Å²) in [6.07, 6.45) is 0. The third-order valence-electron chi connectivity index (χ3n) is 5.95. The fraction of sp³-hybridized carbons (Fsp3) is 0.440. The normalized spacial score (nSPS) is 16.0. The van der Waals surface area contributed by atoms with Crippen molar-refractivity contribution < 1.29 is 9.21 Å². The first-order valence-electron chi connectivity index (χ1n) is 11.1. The van der Waals surface area contributed by atoms with Crippen molar-refractivity contribution in [2.45, 2.75) is 33.1 Å². The number of hydrogen-bond acceptors (Lipinski definition) is 5. The zero-order valence-electron chi connectivity index (χ0n) is 18.9. The lowest BCUT2D eigenvalue weighted by Gasteiger charge is -2.33. The monoisotopic (exact) mass is 420 g/mol. The first-order chi connectivity index (χ1) is 14.8. The molecule has 0 saturated carbocycles. The minimum absolute atomic E-state index is 0.00536. The summed E-state index contributed by atoms with van der Waals surface area (Å²) >= 11 is 0. The predicted octanol–water partition coefficient (Wildman–Crippen LogP) is 4.37. The smallest absolute Gasteiger partial charge is 0.238 e. The van der Waals surface area contributed by atoms with Gasteiger partial charge in [-0.15, -0.1) is 0 Å². The van der Waals surface area contributed by atoms with Crippen LogP contribution in [0.15, 0.2) is 46.9 Å². The minimum Gasteiger partial charge on any atom is -0.436 e. The van der Waals surface area contributed by atoms with E-state index in [1.165, 1.54) is 5.56 Å². The minimum atomic E-state index is 0.00536. The number of nitrogens with one attached hydrogen (secondary N) is 1.